The average Bonchev–Trinajstić information content (AvgIpc) is 2.16. The standard InChI is InChI=1S/C11H23N3O2/c1-4-14-11(2,3)10(16)13-8-6-5-7-9(12)15/h14H,4-8H2,1-3H3,(H2,12,15)(H,13,16). The van der Waals surface area contributed by atoms with Crippen molar-refractivity contribution in [1.29, 1.82) is 0 Å². The van der Waals surface area contributed by atoms with Crippen molar-refractivity contribution in [2.45, 2.75) is 45.6 Å². The molecule has 0 aliphatic heterocycles. The Morgan fingerprint density at radius 1 is 1.25 bits per heavy atom. The van der Waals surface area contributed by atoms with Crippen LogP contribution in [0.15, 0.2) is 0 Å². The van der Waals surface area contributed by atoms with Gasteiger partial charge in [0.25, 0.3) is 0 Å². The fourth-order valence-corrected chi connectivity index (χ4v) is 1.37. The Morgan fingerprint density at radius 3 is 2.38 bits per heavy atom. The summed E-state index contributed by atoms with van der Waals surface area (Å²) in [4.78, 5) is 22.2. The van der Waals surface area contributed by atoms with Crippen LogP contribution in [0.1, 0.15) is 40.0 Å². The summed E-state index contributed by atoms with van der Waals surface area (Å²) in [5.74, 6) is -0.312. The molecule has 16 heavy (non-hydrogen) atoms. The Morgan fingerprint density at radius 2 is 1.88 bits per heavy atom. The second-order valence-electron chi connectivity index (χ2n) is 4.33. The Bertz CT molecular complexity index is 239. The molecule has 0 fully saturated rings. The summed E-state index contributed by atoms with van der Waals surface area (Å²) in [5.41, 5.74) is 4.46. The Kier molecular flexibility index (Phi) is 6.72. The second-order valence-corrected chi connectivity index (χ2v) is 4.33. The molecule has 0 unspecified atom stereocenters. The maximum atomic E-state index is 11.7. The molecule has 0 aliphatic rings. The molecule has 0 aromatic heterocycles. The van der Waals surface area contributed by atoms with Crippen molar-refractivity contribution in [2.75, 3.05) is 13.1 Å². The van der Waals surface area contributed by atoms with Crippen LogP contribution in [-0.4, -0.2) is 30.4 Å². The van der Waals surface area contributed by atoms with Crippen molar-refractivity contribution in [3.63, 3.8) is 0 Å². The monoisotopic (exact) mass is 229 g/mol. The van der Waals surface area contributed by atoms with E-state index in [-0.39, 0.29) is 11.8 Å². The lowest BCUT2D eigenvalue weighted by atomic mass is 10.0. The number of hydrogen-bond acceptors (Lipinski definition) is 3. The van der Waals surface area contributed by atoms with Gasteiger partial charge in [0.1, 0.15) is 0 Å². The quantitative estimate of drug-likeness (QED) is 0.518. The van der Waals surface area contributed by atoms with Gasteiger partial charge in [-0.15, -0.1) is 0 Å². The normalized spacial score (nSPS) is 11.2. The van der Waals surface area contributed by atoms with Crippen molar-refractivity contribution in [1.82, 2.24) is 10.6 Å². The Hall–Kier alpha value is -1.10. The SMILES string of the molecule is CCNC(C)(C)C(=O)NCCCCC(N)=O. The van der Waals surface area contributed by atoms with E-state index in [1.54, 1.807) is 0 Å². The first-order chi connectivity index (χ1) is 7.40. The molecule has 0 heterocycles. The highest BCUT2D eigenvalue weighted by atomic mass is 16.2. The zero-order valence-electron chi connectivity index (χ0n) is 10.4. The second kappa shape index (κ2) is 7.22. The van der Waals surface area contributed by atoms with E-state index in [1.807, 2.05) is 20.8 Å². The fourth-order valence-electron chi connectivity index (χ4n) is 1.37. The highest BCUT2D eigenvalue weighted by Crippen LogP contribution is 2.01. The number of carbonyl (C=O) groups is 2. The minimum Gasteiger partial charge on any atom is -0.370 e. The summed E-state index contributed by atoms with van der Waals surface area (Å²) >= 11 is 0. The van der Waals surface area contributed by atoms with E-state index >= 15 is 0 Å². The van der Waals surface area contributed by atoms with Crippen LogP contribution in [0.2, 0.25) is 0 Å². The molecule has 5 nitrogen and oxygen atoms in total. The van der Waals surface area contributed by atoms with E-state index in [0.29, 0.717) is 13.0 Å². The number of nitrogens with one attached hydrogen (secondary N) is 2. The first kappa shape index (κ1) is 14.9. The molecule has 0 saturated carbocycles. The van der Waals surface area contributed by atoms with Crippen LogP contribution in [-0.2, 0) is 9.59 Å². The lowest BCUT2D eigenvalue weighted by Gasteiger charge is -2.24. The lowest BCUT2D eigenvalue weighted by molar-refractivity contribution is -0.126. The van der Waals surface area contributed by atoms with Gasteiger partial charge in [0.2, 0.25) is 11.8 Å². The summed E-state index contributed by atoms with van der Waals surface area (Å²) < 4.78 is 0. The number of amides is 2. The van der Waals surface area contributed by atoms with Gasteiger partial charge in [-0.3, -0.25) is 9.59 Å². The molecule has 0 atom stereocenters. The molecule has 0 aromatic rings. The molecule has 0 bridgehead atoms. The van der Waals surface area contributed by atoms with E-state index in [2.05, 4.69) is 10.6 Å². The van der Waals surface area contributed by atoms with Crippen LogP contribution >= 0.6 is 0 Å². The molecule has 0 aliphatic carbocycles. The predicted molar refractivity (Wildman–Crippen MR) is 63.8 cm³/mol. The highest BCUT2D eigenvalue weighted by molar-refractivity contribution is 5.85. The Labute approximate surface area is 97.2 Å². The van der Waals surface area contributed by atoms with Gasteiger partial charge in [-0.25, -0.2) is 0 Å². The first-order valence-corrected chi connectivity index (χ1v) is 5.71. The molecule has 0 spiro atoms. The van der Waals surface area contributed by atoms with Crippen molar-refractivity contribution in [3.05, 3.63) is 0 Å². The minimum absolute atomic E-state index is 0.0200. The maximum Gasteiger partial charge on any atom is 0.239 e. The van der Waals surface area contributed by atoms with E-state index in [9.17, 15) is 9.59 Å². The van der Waals surface area contributed by atoms with Crippen molar-refractivity contribution >= 4 is 11.8 Å². The minimum atomic E-state index is -0.543. The molecule has 0 aromatic carbocycles. The number of primary amides is 1. The summed E-state index contributed by atoms with van der Waals surface area (Å²) in [6.45, 7) is 6.98. The molecule has 4 N–H and O–H groups in total. The molecule has 0 radical (unpaired) electrons. The van der Waals surface area contributed by atoms with E-state index in [0.717, 1.165) is 19.4 Å². The molecule has 94 valence electrons. The maximum absolute atomic E-state index is 11.7. The third kappa shape index (κ3) is 6.40. The van der Waals surface area contributed by atoms with Crippen LogP contribution in [0, 0.1) is 0 Å². The zero-order valence-corrected chi connectivity index (χ0v) is 10.4. The molecule has 5 heteroatoms. The fraction of sp³-hybridized carbons (Fsp3) is 0.818. The number of rotatable bonds is 8. The van der Waals surface area contributed by atoms with Gasteiger partial charge < -0.3 is 16.4 Å². The highest BCUT2D eigenvalue weighted by Gasteiger charge is 2.25. The van der Waals surface area contributed by atoms with E-state index in [4.69, 9.17) is 5.73 Å². The number of unbranched alkanes of at least 4 members (excludes halogenated alkanes) is 1. The van der Waals surface area contributed by atoms with Crippen LogP contribution < -0.4 is 16.4 Å². The third-order valence-electron chi connectivity index (χ3n) is 2.32. The smallest absolute Gasteiger partial charge is 0.239 e. The number of carbonyl (C=O) groups excluding carboxylic acids is 2. The van der Waals surface area contributed by atoms with Gasteiger partial charge in [-0.2, -0.15) is 0 Å². The van der Waals surface area contributed by atoms with Gasteiger partial charge in [0.15, 0.2) is 0 Å². The van der Waals surface area contributed by atoms with Crippen LogP contribution in [0.3, 0.4) is 0 Å². The molecule has 0 saturated heterocycles. The van der Waals surface area contributed by atoms with Gasteiger partial charge >= 0.3 is 0 Å². The number of hydrogen-bond donors (Lipinski definition) is 3. The lowest BCUT2D eigenvalue weighted by Crippen LogP contribution is -2.52. The predicted octanol–water partition coefficient (Wildman–Crippen LogP) is 0.146. The van der Waals surface area contributed by atoms with Gasteiger partial charge in [0.05, 0.1) is 5.54 Å². The van der Waals surface area contributed by atoms with Crippen LogP contribution in [0.5, 0.6) is 0 Å². The first-order valence-electron chi connectivity index (χ1n) is 5.71. The third-order valence-corrected chi connectivity index (χ3v) is 2.32. The van der Waals surface area contributed by atoms with Gasteiger partial charge in [-0.1, -0.05) is 6.92 Å². The summed E-state index contributed by atoms with van der Waals surface area (Å²) in [6.07, 6.45) is 1.88. The summed E-state index contributed by atoms with van der Waals surface area (Å²) in [7, 11) is 0. The summed E-state index contributed by atoms with van der Waals surface area (Å²) in [5, 5.41) is 5.92. The van der Waals surface area contributed by atoms with Crippen molar-refractivity contribution < 1.29 is 9.59 Å². The van der Waals surface area contributed by atoms with E-state index in [1.165, 1.54) is 0 Å². The van der Waals surface area contributed by atoms with Crippen LogP contribution in [0.25, 0.3) is 0 Å². The average molecular weight is 229 g/mol. The molecule has 0 rings (SSSR count). The largest absolute Gasteiger partial charge is 0.370 e. The Balaban J connectivity index is 3.69. The van der Waals surface area contributed by atoms with Crippen LogP contribution in [0.4, 0.5) is 0 Å². The van der Waals surface area contributed by atoms with E-state index < -0.39 is 5.54 Å². The zero-order chi connectivity index (χ0) is 12.6. The molecular formula is C11H23N3O2. The molecule has 2 amide bonds. The topological polar surface area (TPSA) is 84.2 Å². The summed E-state index contributed by atoms with van der Waals surface area (Å²) in [6, 6.07) is 0. The number of nitrogens with two attached hydrogens (primary N) is 1. The van der Waals surface area contributed by atoms with Gasteiger partial charge in [0, 0.05) is 13.0 Å². The number of likely N-dealkylation sites (N-methyl/N-ethyl adjacent to an activating group) is 1. The molecular weight excluding hydrogens is 206 g/mol. The van der Waals surface area contributed by atoms with Gasteiger partial charge in [-0.05, 0) is 33.2 Å². The van der Waals surface area contributed by atoms with Crippen molar-refractivity contribution in [3.8, 4) is 0 Å². The van der Waals surface area contributed by atoms with Crippen molar-refractivity contribution in [2.24, 2.45) is 5.73 Å².